The van der Waals surface area contributed by atoms with E-state index in [0.717, 1.165) is 109 Å². The first-order valence-electron chi connectivity index (χ1n) is 29.0. The van der Waals surface area contributed by atoms with Gasteiger partial charge in [0, 0.05) is 48.2 Å². The van der Waals surface area contributed by atoms with Crippen LogP contribution in [0.1, 0.15) is 152 Å². The van der Waals surface area contributed by atoms with Crippen LogP contribution in [0.5, 0.6) is 11.5 Å². The van der Waals surface area contributed by atoms with Gasteiger partial charge in [-0.25, -0.2) is 4.79 Å². The summed E-state index contributed by atoms with van der Waals surface area (Å²) in [6.07, 6.45) is 22.7. The number of benzene rings is 4. The van der Waals surface area contributed by atoms with Crippen LogP contribution in [0.15, 0.2) is 125 Å². The van der Waals surface area contributed by atoms with Crippen molar-refractivity contribution in [2.45, 2.75) is 171 Å². The van der Waals surface area contributed by atoms with Gasteiger partial charge in [-0.1, -0.05) is 156 Å². The van der Waals surface area contributed by atoms with Gasteiger partial charge in [0.15, 0.2) is 0 Å². The van der Waals surface area contributed by atoms with Crippen molar-refractivity contribution < 1.29 is 43.5 Å². The molecule has 1 amide bonds. The molecule has 2 aliphatic heterocycles. The van der Waals surface area contributed by atoms with E-state index < -0.39 is 30.1 Å². The standard InChI is InChI=1S/C64H86N2O9S/c1-3-5-6-7-8-9-10-11-12-23-41-72-63(69)66(47-50-29-25-28-48-26-16-17-32-53(48)50)59-46-57(65-75-60-34-20-24-40-71-60)55-44-49(27-18-21-37-67)54(33-19-22-38-68)61-56-45-51(70-42-43-76-52-30-14-13-15-31-52)35-36-58(56)74-64(59,62(55)61)73-39-4-2/h4,13-17,25-26,28-32,35-36,44-45,49,54,59-62,67-68H,2-3,5-12,18-24,27,33-34,37-43,46-47H2,1H3. The molecule has 412 valence electrons. The van der Waals surface area contributed by atoms with Crippen LogP contribution in [0, 0.1) is 17.8 Å². The van der Waals surface area contributed by atoms with Gasteiger partial charge < -0.3 is 38.7 Å². The normalized spacial score (nSPS) is 23.2. The molecule has 0 spiro atoms. The van der Waals surface area contributed by atoms with Crippen molar-refractivity contribution in [2.24, 2.45) is 22.9 Å². The number of amides is 1. The number of unbranched alkanes of at least 4 members (excludes halogenated alkanes) is 11. The predicted molar refractivity (Wildman–Crippen MR) is 305 cm³/mol. The number of oxime groups is 1. The highest BCUT2D eigenvalue weighted by atomic mass is 32.2. The zero-order chi connectivity index (χ0) is 52.8. The highest BCUT2D eigenvalue weighted by Gasteiger charge is 2.66. The molecule has 2 N–H and O–H groups in total. The number of fused-ring (bicyclic) bond motifs is 3. The SMILES string of the molecule is C=CCOC12Oc3ccc(OCCSc4ccccc4)cc3C3C(CCCCO)C(CCCCO)C=C(C(=NOC4CCCCO4)CC1N(Cc1cccc4ccccc14)C(=O)OCCCCCCCCCCCC)C32. The molecule has 7 atom stereocenters. The van der Waals surface area contributed by atoms with Crippen molar-refractivity contribution in [3.05, 3.63) is 126 Å². The number of ether oxygens (including phenoxy) is 5. The molecule has 0 bridgehead atoms. The Labute approximate surface area is 457 Å². The lowest BCUT2D eigenvalue weighted by atomic mass is 9.55. The van der Waals surface area contributed by atoms with Crippen molar-refractivity contribution in [1.82, 2.24) is 4.90 Å². The lowest BCUT2D eigenvalue weighted by molar-refractivity contribution is -0.256. The molecule has 4 aliphatic rings. The Hall–Kier alpha value is -4.85. The second-order valence-electron chi connectivity index (χ2n) is 21.2. The summed E-state index contributed by atoms with van der Waals surface area (Å²) < 4.78 is 34.1. The quantitative estimate of drug-likeness (QED) is 0.0211. The third kappa shape index (κ3) is 15.0. The van der Waals surface area contributed by atoms with Gasteiger partial charge in [-0.2, -0.15) is 0 Å². The molecule has 2 heterocycles. The molecule has 76 heavy (non-hydrogen) atoms. The van der Waals surface area contributed by atoms with E-state index >= 15 is 4.79 Å². The Balaban J connectivity index is 1.22. The molecule has 1 saturated carbocycles. The van der Waals surface area contributed by atoms with Gasteiger partial charge in [-0.15, -0.1) is 18.3 Å². The van der Waals surface area contributed by atoms with Crippen molar-refractivity contribution in [3.8, 4) is 11.5 Å². The van der Waals surface area contributed by atoms with E-state index in [2.05, 4.69) is 80.2 Å². The van der Waals surface area contributed by atoms with E-state index in [1.165, 1.54) is 49.8 Å². The average Bonchev–Trinajstić information content (AvgIpc) is 3.46. The van der Waals surface area contributed by atoms with Crippen LogP contribution in [0.4, 0.5) is 4.79 Å². The number of carbonyl (C=O) groups excluding carboxylic acids is 1. The summed E-state index contributed by atoms with van der Waals surface area (Å²) in [6.45, 7) is 8.44. The van der Waals surface area contributed by atoms with Crippen LogP contribution in [0.3, 0.4) is 0 Å². The fourth-order valence-corrected chi connectivity index (χ4v) is 13.0. The number of rotatable bonds is 32. The second kappa shape index (κ2) is 30.3. The number of hydrogen-bond acceptors (Lipinski definition) is 11. The molecule has 4 aromatic rings. The molecule has 1 saturated heterocycles. The number of hydrogen-bond donors (Lipinski definition) is 2. The lowest BCUT2D eigenvalue weighted by Crippen LogP contribution is -2.70. The minimum atomic E-state index is -1.45. The molecule has 2 fully saturated rings. The summed E-state index contributed by atoms with van der Waals surface area (Å²) in [5.74, 6) is 0.240. The molecule has 7 unspecified atom stereocenters. The summed E-state index contributed by atoms with van der Waals surface area (Å²) in [5.41, 5.74) is 3.71. The zero-order valence-corrected chi connectivity index (χ0v) is 46.2. The van der Waals surface area contributed by atoms with Gasteiger partial charge in [0.25, 0.3) is 0 Å². The van der Waals surface area contributed by atoms with E-state index in [1.807, 2.05) is 35.2 Å². The predicted octanol–water partition coefficient (Wildman–Crippen LogP) is 14.7. The summed E-state index contributed by atoms with van der Waals surface area (Å²) in [4.78, 5) is 24.9. The van der Waals surface area contributed by atoms with E-state index in [4.69, 9.17) is 33.7 Å². The molecule has 12 heteroatoms. The Morgan fingerprint density at radius 1 is 0.842 bits per heavy atom. The largest absolute Gasteiger partial charge is 0.493 e. The van der Waals surface area contributed by atoms with Crippen LogP contribution >= 0.6 is 11.8 Å². The Morgan fingerprint density at radius 2 is 1.59 bits per heavy atom. The van der Waals surface area contributed by atoms with Crippen LogP contribution < -0.4 is 9.47 Å². The maximum Gasteiger partial charge on any atom is 0.410 e. The highest BCUT2D eigenvalue weighted by molar-refractivity contribution is 7.99. The third-order valence-electron chi connectivity index (χ3n) is 16.0. The summed E-state index contributed by atoms with van der Waals surface area (Å²) >= 11 is 1.76. The van der Waals surface area contributed by atoms with E-state index in [1.54, 1.807) is 17.8 Å². The molecule has 8 rings (SSSR count). The van der Waals surface area contributed by atoms with Crippen LogP contribution in [-0.2, 0) is 25.6 Å². The highest BCUT2D eigenvalue weighted by Crippen LogP contribution is 2.62. The van der Waals surface area contributed by atoms with E-state index in [-0.39, 0.29) is 50.5 Å². The number of aliphatic hydroxyl groups excluding tert-OH is 2. The fourth-order valence-electron chi connectivity index (χ4n) is 12.2. The van der Waals surface area contributed by atoms with Crippen molar-refractivity contribution >= 4 is 34.3 Å². The summed E-state index contributed by atoms with van der Waals surface area (Å²) in [5, 5.41) is 27.5. The molecular weight excluding hydrogens is 973 g/mol. The number of allylic oxidation sites excluding steroid dienone is 1. The van der Waals surface area contributed by atoms with E-state index in [0.29, 0.717) is 38.4 Å². The molecule has 0 aromatic heterocycles. The Morgan fingerprint density at radius 3 is 2.36 bits per heavy atom. The fraction of sp³-hybridized carbons (Fsp3) is 0.562. The van der Waals surface area contributed by atoms with Gasteiger partial charge in [0.2, 0.25) is 12.1 Å². The van der Waals surface area contributed by atoms with Gasteiger partial charge in [0.1, 0.15) is 17.5 Å². The average molecular weight is 1060 g/mol. The molecule has 0 radical (unpaired) electrons. The van der Waals surface area contributed by atoms with Crippen LogP contribution in [0.2, 0.25) is 0 Å². The monoisotopic (exact) mass is 1060 g/mol. The van der Waals surface area contributed by atoms with Crippen LogP contribution in [-0.4, -0.2) is 90.4 Å². The first-order valence-corrected chi connectivity index (χ1v) is 30.0. The van der Waals surface area contributed by atoms with Gasteiger partial charge in [0.05, 0.1) is 44.6 Å². The molecule has 4 aromatic carbocycles. The molecule has 2 aliphatic carbocycles. The smallest absolute Gasteiger partial charge is 0.410 e. The maximum atomic E-state index is 15.4. The minimum Gasteiger partial charge on any atom is -0.493 e. The van der Waals surface area contributed by atoms with Gasteiger partial charge in [-0.3, -0.25) is 4.90 Å². The van der Waals surface area contributed by atoms with Gasteiger partial charge in [-0.05, 0) is 109 Å². The van der Waals surface area contributed by atoms with Gasteiger partial charge >= 0.3 is 6.09 Å². The van der Waals surface area contributed by atoms with Crippen molar-refractivity contribution in [1.29, 1.82) is 0 Å². The van der Waals surface area contributed by atoms with Crippen molar-refractivity contribution in [2.75, 3.05) is 45.4 Å². The first-order chi connectivity index (χ1) is 37.5. The van der Waals surface area contributed by atoms with Crippen LogP contribution in [0.25, 0.3) is 10.8 Å². The first kappa shape index (κ1) is 57.3. The number of aliphatic hydroxyl groups is 2. The summed E-state index contributed by atoms with van der Waals surface area (Å²) in [7, 11) is 0. The minimum absolute atomic E-state index is 0.0645. The number of nitrogens with zero attached hydrogens (tertiary/aromatic N) is 2. The number of thioether (sulfide) groups is 1. The topological polar surface area (TPSA) is 129 Å². The Bertz CT molecular complexity index is 2460. The zero-order valence-electron chi connectivity index (χ0n) is 45.3. The lowest BCUT2D eigenvalue weighted by Gasteiger charge is -2.60. The molecule has 11 nitrogen and oxygen atoms in total. The van der Waals surface area contributed by atoms with E-state index in [9.17, 15) is 10.2 Å². The Kier molecular flexibility index (Phi) is 22.9. The number of carbonyl (C=O) groups is 1. The molecular formula is C64H86N2O9S. The second-order valence-corrected chi connectivity index (χ2v) is 22.4. The third-order valence-corrected chi connectivity index (χ3v) is 17.0. The summed E-state index contributed by atoms with van der Waals surface area (Å²) in [6, 6.07) is 30.4. The van der Waals surface area contributed by atoms with Crippen molar-refractivity contribution in [3.63, 3.8) is 0 Å². The maximum absolute atomic E-state index is 15.4.